The van der Waals surface area contributed by atoms with Gasteiger partial charge in [-0.15, -0.1) is 0 Å². The summed E-state index contributed by atoms with van der Waals surface area (Å²) in [5, 5.41) is 2.81. The van der Waals surface area contributed by atoms with Gasteiger partial charge in [-0.3, -0.25) is 14.3 Å². The maximum Gasteiger partial charge on any atom is 0.320 e. The zero-order valence-corrected chi connectivity index (χ0v) is 15.5. The third kappa shape index (κ3) is 4.14. The maximum absolute atomic E-state index is 13.6. The molecule has 1 N–H and O–H groups in total. The van der Waals surface area contributed by atoms with E-state index >= 15 is 0 Å². The van der Waals surface area contributed by atoms with Crippen LogP contribution in [0.4, 0.5) is 14.5 Å². The van der Waals surface area contributed by atoms with Crippen LogP contribution in [-0.4, -0.2) is 34.0 Å². The van der Waals surface area contributed by atoms with E-state index in [9.17, 15) is 13.6 Å². The minimum Gasteiger partial charge on any atom is -0.325 e. The van der Waals surface area contributed by atoms with Crippen LogP contribution in [0.3, 0.4) is 0 Å². The van der Waals surface area contributed by atoms with E-state index in [1.807, 2.05) is 31.2 Å². The molecule has 3 rings (SSSR count). The van der Waals surface area contributed by atoms with E-state index in [4.69, 9.17) is 0 Å². The highest BCUT2D eigenvalue weighted by Crippen LogP contribution is 2.28. The lowest BCUT2D eigenvalue weighted by Crippen LogP contribution is -2.33. The molecule has 27 heavy (non-hydrogen) atoms. The summed E-state index contributed by atoms with van der Waals surface area (Å²) in [6.07, 6.45) is 0. The molecule has 0 aliphatic heterocycles. The van der Waals surface area contributed by atoms with Gasteiger partial charge in [-0.2, -0.15) is 8.78 Å². The van der Waals surface area contributed by atoms with E-state index in [-0.39, 0.29) is 18.3 Å². The van der Waals surface area contributed by atoms with E-state index < -0.39 is 12.6 Å². The smallest absolute Gasteiger partial charge is 0.320 e. The molecule has 0 aliphatic carbocycles. The molecule has 0 spiro atoms. The first kappa shape index (κ1) is 19.0. The van der Waals surface area contributed by atoms with Gasteiger partial charge in [0, 0.05) is 5.69 Å². The van der Waals surface area contributed by atoms with E-state index in [0.717, 1.165) is 10.1 Å². The summed E-state index contributed by atoms with van der Waals surface area (Å²) in [5.74, 6) is 0.0183. The quantitative estimate of drug-likeness (QED) is 0.699. The number of alkyl halides is 2. The SMILES string of the molecule is Cc1ccc(NC(=O)CN(C)[C@H](C)c2nc3ccccc3n2C(F)F)cc1. The molecule has 0 radical (unpaired) electrons. The van der Waals surface area contributed by atoms with Crippen molar-refractivity contribution < 1.29 is 13.6 Å². The van der Waals surface area contributed by atoms with E-state index in [2.05, 4.69) is 10.3 Å². The van der Waals surface area contributed by atoms with Crippen LogP contribution in [0.1, 0.15) is 30.9 Å². The van der Waals surface area contributed by atoms with Gasteiger partial charge in [0.2, 0.25) is 5.91 Å². The highest BCUT2D eigenvalue weighted by Gasteiger charge is 2.25. The molecule has 1 atom stereocenters. The van der Waals surface area contributed by atoms with Gasteiger partial charge >= 0.3 is 6.55 Å². The minimum atomic E-state index is -2.70. The van der Waals surface area contributed by atoms with Crippen molar-refractivity contribution >= 4 is 22.6 Å². The number of amides is 1. The summed E-state index contributed by atoms with van der Waals surface area (Å²) < 4.78 is 28.2. The molecule has 1 heterocycles. The van der Waals surface area contributed by atoms with Crippen LogP contribution in [0.15, 0.2) is 48.5 Å². The second kappa shape index (κ2) is 7.84. The molecule has 1 aromatic heterocycles. The fourth-order valence-corrected chi connectivity index (χ4v) is 2.96. The first-order valence-corrected chi connectivity index (χ1v) is 8.68. The number of nitrogens with zero attached hydrogens (tertiary/aromatic N) is 3. The van der Waals surface area contributed by atoms with Gasteiger partial charge in [0.05, 0.1) is 23.6 Å². The third-order valence-corrected chi connectivity index (χ3v) is 4.58. The second-order valence-electron chi connectivity index (χ2n) is 6.61. The summed E-state index contributed by atoms with van der Waals surface area (Å²) in [6.45, 7) is 1.08. The molecule has 0 bridgehead atoms. The Morgan fingerprint density at radius 2 is 1.85 bits per heavy atom. The first-order valence-electron chi connectivity index (χ1n) is 8.68. The predicted molar refractivity (Wildman–Crippen MR) is 102 cm³/mol. The first-order chi connectivity index (χ1) is 12.9. The van der Waals surface area contributed by atoms with Gasteiger partial charge < -0.3 is 5.32 Å². The summed E-state index contributed by atoms with van der Waals surface area (Å²) in [5.41, 5.74) is 2.69. The average molecular weight is 372 g/mol. The van der Waals surface area contributed by atoms with Crippen molar-refractivity contribution in [3.05, 3.63) is 59.9 Å². The average Bonchev–Trinajstić information content (AvgIpc) is 3.02. The van der Waals surface area contributed by atoms with E-state index in [1.165, 1.54) is 0 Å². The molecule has 7 heteroatoms. The number of hydrogen-bond acceptors (Lipinski definition) is 3. The topological polar surface area (TPSA) is 50.2 Å². The number of aryl methyl sites for hydroxylation is 1. The van der Waals surface area contributed by atoms with Gasteiger partial charge in [-0.1, -0.05) is 29.8 Å². The number of benzene rings is 2. The zero-order chi connectivity index (χ0) is 19.6. The van der Waals surface area contributed by atoms with Crippen LogP contribution in [0, 0.1) is 6.92 Å². The van der Waals surface area contributed by atoms with Crippen molar-refractivity contribution in [2.45, 2.75) is 26.4 Å². The van der Waals surface area contributed by atoms with Crippen LogP contribution in [0.2, 0.25) is 0 Å². The van der Waals surface area contributed by atoms with Crippen LogP contribution in [0.5, 0.6) is 0 Å². The number of para-hydroxylation sites is 2. The number of fused-ring (bicyclic) bond motifs is 1. The number of rotatable bonds is 6. The zero-order valence-electron chi connectivity index (χ0n) is 15.5. The van der Waals surface area contributed by atoms with Gasteiger partial charge in [-0.05, 0) is 45.2 Å². The van der Waals surface area contributed by atoms with Crippen LogP contribution in [0.25, 0.3) is 11.0 Å². The Bertz CT molecular complexity index is 937. The lowest BCUT2D eigenvalue weighted by molar-refractivity contribution is -0.117. The largest absolute Gasteiger partial charge is 0.325 e. The van der Waals surface area contributed by atoms with Crippen LogP contribution in [-0.2, 0) is 4.79 Å². The molecule has 5 nitrogen and oxygen atoms in total. The number of nitrogens with one attached hydrogen (secondary N) is 1. The molecule has 142 valence electrons. The Balaban J connectivity index is 1.76. The highest BCUT2D eigenvalue weighted by molar-refractivity contribution is 5.92. The van der Waals surface area contributed by atoms with Crippen molar-refractivity contribution in [1.82, 2.24) is 14.5 Å². The van der Waals surface area contributed by atoms with Crippen molar-refractivity contribution in [2.75, 3.05) is 18.9 Å². The summed E-state index contributed by atoms with van der Waals surface area (Å²) in [6, 6.07) is 13.8. The van der Waals surface area contributed by atoms with E-state index in [1.54, 1.807) is 43.1 Å². The molecule has 1 amide bonds. The third-order valence-electron chi connectivity index (χ3n) is 4.58. The van der Waals surface area contributed by atoms with Gasteiger partial charge in [0.25, 0.3) is 0 Å². The number of imidazole rings is 1. The standard InChI is InChI=1S/C20H22F2N4O/c1-13-8-10-15(11-9-13)23-18(27)12-25(3)14(2)19-24-16-6-4-5-7-17(16)26(19)20(21)22/h4-11,14,20H,12H2,1-3H3,(H,23,27)/t14-/m1/s1. The molecular weight excluding hydrogens is 350 g/mol. The Morgan fingerprint density at radius 1 is 1.19 bits per heavy atom. The number of carbonyl (C=O) groups excluding carboxylic acids is 1. The Kier molecular flexibility index (Phi) is 5.51. The lowest BCUT2D eigenvalue weighted by atomic mass is 10.2. The van der Waals surface area contributed by atoms with Crippen molar-refractivity contribution in [2.24, 2.45) is 0 Å². The van der Waals surface area contributed by atoms with Gasteiger partial charge in [0.15, 0.2) is 0 Å². The Morgan fingerprint density at radius 3 is 2.52 bits per heavy atom. The van der Waals surface area contributed by atoms with Crippen LogP contribution >= 0.6 is 0 Å². The molecule has 0 saturated carbocycles. The normalized spacial score (nSPS) is 12.7. The predicted octanol–water partition coefficient (Wildman–Crippen LogP) is 4.37. The minimum absolute atomic E-state index is 0.0570. The monoisotopic (exact) mass is 372 g/mol. The number of hydrogen-bond donors (Lipinski definition) is 1. The molecule has 2 aromatic carbocycles. The lowest BCUT2D eigenvalue weighted by Gasteiger charge is -2.24. The second-order valence-corrected chi connectivity index (χ2v) is 6.61. The molecule has 0 aliphatic rings. The summed E-state index contributed by atoms with van der Waals surface area (Å²) in [4.78, 5) is 18.4. The maximum atomic E-state index is 13.6. The fraction of sp³-hybridized carbons (Fsp3) is 0.300. The number of carbonyl (C=O) groups is 1. The van der Waals surface area contributed by atoms with Crippen LogP contribution < -0.4 is 5.32 Å². The van der Waals surface area contributed by atoms with E-state index in [0.29, 0.717) is 16.7 Å². The molecule has 0 fully saturated rings. The number of anilines is 1. The fourth-order valence-electron chi connectivity index (χ4n) is 2.96. The molecule has 0 saturated heterocycles. The number of aromatic nitrogens is 2. The molecular formula is C20H22F2N4O. The Labute approximate surface area is 156 Å². The number of likely N-dealkylation sites (N-methyl/N-ethyl adjacent to an activating group) is 1. The molecule has 3 aromatic rings. The summed E-state index contributed by atoms with van der Waals surface area (Å²) in [7, 11) is 1.72. The van der Waals surface area contributed by atoms with Gasteiger partial charge in [-0.25, -0.2) is 4.98 Å². The van der Waals surface area contributed by atoms with Crippen molar-refractivity contribution in [3.8, 4) is 0 Å². The van der Waals surface area contributed by atoms with Crippen molar-refractivity contribution in [3.63, 3.8) is 0 Å². The Hall–Kier alpha value is -2.80. The summed E-state index contributed by atoms with van der Waals surface area (Å²) >= 11 is 0. The number of halogens is 2. The molecule has 0 unspecified atom stereocenters. The highest BCUT2D eigenvalue weighted by atomic mass is 19.3. The van der Waals surface area contributed by atoms with Crippen molar-refractivity contribution in [1.29, 1.82) is 0 Å². The van der Waals surface area contributed by atoms with Gasteiger partial charge in [0.1, 0.15) is 5.82 Å².